The van der Waals surface area contributed by atoms with Crippen LogP contribution in [0, 0.1) is 7.14 Å². The summed E-state index contributed by atoms with van der Waals surface area (Å²) in [6.45, 7) is 0. The van der Waals surface area contributed by atoms with Gasteiger partial charge in [0.05, 0.1) is 7.14 Å². The Morgan fingerprint density at radius 2 is 1.03 bits per heavy atom. The summed E-state index contributed by atoms with van der Waals surface area (Å²) in [5.41, 5.74) is 3.24. The van der Waals surface area contributed by atoms with Gasteiger partial charge in [-0.2, -0.15) is 0 Å². The predicted molar refractivity (Wildman–Crippen MR) is 165 cm³/mol. The first kappa shape index (κ1) is 27.5. The van der Waals surface area contributed by atoms with Gasteiger partial charge in [-0.05, 0) is 111 Å². The van der Waals surface area contributed by atoms with Gasteiger partial charge in [0.25, 0.3) is 0 Å². The lowest BCUT2D eigenvalue weighted by Gasteiger charge is -2.08. The number of hydrogen-bond acceptors (Lipinski definition) is 6. The zero-order chi connectivity index (χ0) is 26.7. The molecule has 10 heteroatoms. The average molecular weight is 759 g/mol. The molecule has 0 heterocycles. The lowest BCUT2D eigenvalue weighted by molar-refractivity contribution is 0.470. The molecule has 0 aromatic heterocycles. The highest BCUT2D eigenvalue weighted by atomic mass is 127. The third kappa shape index (κ3) is 6.86. The Hall–Kier alpha value is -2.54. The van der Waals surface area contributed by atoms with Crippen molar-refractivity contribution in [1.29, 1.82) is 0 Å². The fraction of sp³-hybridized carbons (Fsp3) is 0.0370. The summed E-state index contributed by atoms with van der Waals surface area (Å²) in [4.78, 5) is 8.69. The van der Waals surface area contributed by atoms with Crippen LogP contribution in [-0.4, -0.2) is 32.9 Å². The van der Waals surface area contributed by atoms with E-state index in [0.29, 0.717) is 46.1 Å². The van der Waals surface area contributed by atoms with Crippen molar-refractivity contribution in [3.05, 3.63) is 100 Å². The van der Waals surface area contributed by atoms with Crippen LogP contribution in [0.3, 0.4) is 0 Å². The molecule has 37 heavy (non-hydrogen) atoms. The van der Waals surface area contributed by atoms with Crippen molar-refractivity contribution in [2.45, 2.75) is 6.42 Å². The van der Waals surface area contributed by atoms with Gasteiger partial charge in [-0.25, -0.2) is 0 Å². The molecule has 0 radical (unpaired) electrons. The van der Waals surface area contributed by atoms with Crippen molar-refractivity contribution in [2.75, 3.05) is 0 Å². The average Bonchev–Trinajstić information content (AvgIpc) is 2.85. The van der Waals surface area contributed by atoms with Gasteiger partial charge in [-0.3, -0.25) is 9.98 Å². The molecule has 0 aliphatic heterocycles. The molecule has 0 spiro atoms. The van der Waals surface area contributed by atoms with Gasteiger partial charge in [-0.15, -0.1) is 0 Å². The van der Waals surface area contributed by atoms with E-state index in [-0.39, 0.29) is 23.0 Å². The summed E-state index contributed by atoms with van der Waals surface area (Å²) < 4.78 is 1.19. The standard InChI is InChI=1S/C27H18Cl2I2N2O4/c28-18-8-16(26(36)20(30)10-18)12-32-22-6-14(1-3-24(22)34)5-15-2-4-25(35)23(7-15)33-13-17-9-19(29)11-21(31)27(17)37/h1-4,6-13,34-37H,5H2. The second-order valence-electron chi connectivity index (χ2n) is 7.99. The molecule has 188 valence electrons. The predicted octanol–water partition coefficient (Wildman–Crippen LogP) is 8.12. The van der Waals surface area contributed by atoms with Gasteiger partial charge in [0.15, 0.2) is 0 Å². The van der Waals surface area contributed by atoms with Crippen LogP contribution in [0.15, 0.2) is 70.6 Å². The summed E-state index contributed by atoms with van der Waals surface area (Å²) in [7, 11) is 0. The van der Waals surface area contributed by atoms with Crippen LogP contribution in [0.5, 0.6) is 23.0 Å². The molecule has 0 atom stereocenters. The Balaban J connectivity index is 1.58. The number of halogens is 4. The summed E-state index contributed by atoms with van der Waals surface area (Å²) in [6, 6.07) is 16.6. The summed E-state index contributed by atoms with van der Waals surface area (Å²) >= 11 is 16.1. The Kier molecular flexibility index (Phi) is 8.83. The number of phenols is 4. The zero-order valence-corrected chi connectivity index (χ0v) is 24.7. The number of nitrogens with zero attached hydrogens (tertiary/aromatic N) is 2. The fourth-order valence-electron chi connectivity index (χ4n) is 3.45. The van der Waals surface area contributed by atoms with Crippen LogP contribution < -0.4 is 0 Å². The summed E-state index contributed by atoms with van der Waals surface area (Å²) in [5, 5.41) is 42.0. The highest BCUT2D eigenvalue weighted by molar-refractivity contribution is 14.1. The van der Waals surface area contributed by atoms with Crippen LogP contribution in [0.4, 0.5) is 11.4 Å². The van der Waals surface area contributed by atoms with Gasteiger partial charge in [0.2, 0.25) is 0 Å². The van der Waals surface area contributed by atoms with Crippen LogP contribution in [0.2, 0.25) is 10.0 Å². The van der Waals surface area contributed by atoms with Crippen molar-refractivity contribution in [1.82, 2.24) is 0 Å². The van der Waals surface area contributed by atoms with E-state index < -0.39 is 0 Å². The molecule has 0 aliphatic carbocycles. The van der Waals surface area contributed by atoms with Crippen LogP contribution in [0.25, 0.3) is 0 Å². The van der Waals surface area contributed by atoms with Gasteiger partial charge in [-0.1, -0.05) is 35.3 Å². The molecular formula is C27H18Cl2I2N2O4. The van der Waals surface area contributed by atoms with E-state index in [2.05, 4.69) is 9.98 Å². The van der Waals surface area contributed by atoms with Crippen LogP contribution >= 0.6 is 68.4 Å². The minimum absolute atomic E-state index is 0.0110. The summed E-state index contributed by atoms with van der Waals surface area (Å²) in [6.07, 6.45) is 3.37. The maximum Gasteiger partial charge on any atom is 0.141 e. The molecule has 0 saturated heterocycles. The van der Waals surface area contributed by atoms with E-state index in [0.717, 1.165) is 11.1 Å². The third-order valence-corrected chi connectivity index (χ3v) is 7.37. The molecule has 4 N–H and O–H groups in total. The minimum atomic E-state index is -0.0110. The quantitative estimate of drug-likeness (QED) is 0.118. The molecule has 0 unspecified atom stereocenters. The van der Waals surface area contributed by atoms with E-state index in [1.54, 1.807) is 60.7 Å². The van der Waals surface area contributed by atoms with Crippen LogP contribution in [-0.2, 0) is 6.42 Å². The normalized spacial score (nSPS) is 11.6. The first-order valence-corrected chi connectivity index (χ1v) is 13.6. The molecule has 0 saturated carbocycles. The lowest BCUT2D eigenvalue weighted by atomic mass is 10.0. The number of benzene rings is 4. The highest BCUT2D eigenvalue weighted by Gasteiger charge is 2.09. The molecule has 0 bridgehead atoms. The monoisotopic (exact) mass is 758 g/mol. The van der Waals surface area contributed by atoms with E-state index in [1.807, 2.05) is 45.2 Å². The van der Waals surface area contributed by atoms with Crippen molar-refractivity contribution in [3.63, 3.8) is 0 Å². The molecule has 4 aromatic rings. The number of hydrogen-bond donors (Lipinski definition) is 4. The zero-order valence-electron chi connectivity index (χ0n) is 18.8. The Bertz CT molecular complexity index is 1440. The highest BCUT2D eigenvalue weighted by Crippen LogP contribution is 2.33. The molecule has 4 rings (SSSR count). The second-order valence-corrected chi connectivity index (χ2v) is 11.2. The Labute approximate surface area is 250 Å². The van der Waals surface area contributed by atoms with Crippen molar-refractivity contribution < 1.29 is 20.4 Å². The van der Waals surface area contributed by atoms with Gasteiger partial charge < -0.3 is 20.4 Å². The molecule has 0 amide bonds. The maximum atomic E-state index is 10.3. The second kappa shape index (κ2) is 11.9. The first-order chi connectivity index (χ1) is 17.6. The van der Waals surface area contributed by atoms with E-state index in [4.69, 9.17) is 23.2 Å². The minimum Gasteiger partial charge on any atom is -0.506 e. The SMILES string of the molecule is Oc1ccc(Cc2ccc(O)c(N=Cc3cc(Cl)cc(I)c3O)c2)cc1N=Cc1cc(Cl)cc(I)c1O. The van der Waals surface area contributed by atoms with Crippen molar-refractivity contribution >= 4 is 92.2 Å². The Morgan fingerprint density at radius 1 is 0.622 bits per heavy atom. The fourth-order valence-corrected chi connectivity index (χ4v) is 5.56. The molecule has 0 fully saturated rings. The van der Waals surface area contributed by atoms with E-state index in [1.165, 1.54) is 12.4 Å². The molecule has 4 aromatic carbocycles. The van der Waals surface area contributed by atoms with E-state index >= 15 is 0 Å². The molecule has 6 nitrogen and oxygen atoms in total. The van der Waals surface area contributed by atoms with Crippen molar-refractivity contribution in [3.8, 4) is 23.0 Å². The van der Waals surface area contributed by atoms with Crippen LogP contribution in [0.1, 0.15) is 22.3 Å². The van der Waals surface area contributed by atoms with Gasteiger partial charge in [0.1, 0.15) is 34.4 Å². The largest absolute Gasteiger partial charge is 0.506 e. The summed E-state index contributed by atoms with van der Waals surface area (Å²) in [5.74, 6) is 0.0936. The Morgan fingerprint density at radius 3 is 1.43 bits per heavy atom. The number of phenolic OH excluding ortho intramolecular Hbond substituents is 4. The number of rotatable bonds is 6. The van der Waals surface area contributed by atoms with Crippen molar-refractivity contribution in [2.24, 2.45) is 9.98 Å². The topological polar surface area (TPSA) is 106 Å². The van der Waals surface area contributed by atoms with Gasteiger partial charge in [0, 0.05) is 33.6 Å². The lowest BCUT2D eigenvalue weighted by Crippen LogP contribution is -1.90. The third-order valence-electron chi connectivity index (χ3n) is 5.29. The smallest absolute Gasteiger partial charge is 0.141 e. The number of aliphatic imine (C=N–C) groups is 2. The maximum absolute atomic E-state index is 10.3. The number of aromatic hydroxyl groups is 4. The first-order valence-electron chi connectivity index (χ1n) is 10.7. The molecule has 0 aliphatic rings. The van der Waals surface area contributed by atoms with E-state index in [9.17, 15) is 20.4 Å². The molecular weight excluding hydrogens is 741 g/mol. The van der Waals surface area contributed by atoms with Gasteiger partial charge >= 0.3 is 0 Å².